The van der Waals surface area contributed by atoms with Gasteiger partial charge in [-0.1, -0.05) is 84.2 Å². The molecule has 2 aliphatic heterocycles. The van der Waals surface area contributed by atoms with Crippen molar-refractivity contribution in [3.8, 4) is 5.75 Å². The molecule has 0 aliphatic carbocycles. The summed E-state index contributed by atoms with van der Waals surface area (Å²) >= 11 is 1.15. The Morgan fingerprint density at radius 2 is 1.74 bits per heavy atom. The van der Waals surface area contributed by atoms with Crippen molar-refractivity contribution in [2.75, 3.05) is 18.6 Å². The lowest BCUT2D eigenvalue weighted by Gasteiger charge is -2.24. The van der Waals surface area contributed by atoms with Crippen molar-refractivity contribution in [1.82, 2.24) is 4.57 Å². The third kappa shape index (κ3) is 4.91. The molecule has 216 valence electrons. The molecule has 8 nitrogen and oxygen atoms in total. The van der Waals surface area contributed by atoms with E-state index in [-0.39, 0.29) is 22.6 Å². The number of hydrogen-bond donors (Lipinski definition) is 0. The highest BCUT2D eigenvalue weighted by molar-refractivity contribution is 7.07. The SMILES string of the molecule is C=CCOC(=O)C1=C(C)N=c2s/c(=C3\C(=O)N(Cc4ccc(C)cc4)c4ccccc43)c(=O)n2[C@H]1c1ccc(OC)cc1. The number of aromatic nitrogens is 1. The smallest absolute Gasteiger partial charge is 0.338 e. The van der Waals surface area contributed by atoms with Gasteiger partial charge in [-0.05, 0) is 43.2 Å². The van der Waals surface area contributed by atoms with Gasteiger partial charge in [0.25, 0.3) is 11.5 Å². The summed E-state index contributed by atoms with van der Waals surface area (Å²) in [7, 11) is 1.57. The molecule has 0 radical (unpaired) electrons. The Morgan fingerprint density at radius 3 is 2.44 bits per heavy atom. The van der Waals surface area contributed by atoms with Gasteiger partial charge in [-0.3, -0.25) is 14.2 Å². The summed E-state index contributed by atoms with van der Waals surface area (Å²) < 4.78 is 12.5. The van der Waals surface area contributed by atoms with Gasteiger partial charge in [0.2, 0.25) is 0 Å². The lowest BCUT2D eigenvalue weighted by Crippen LogP contribution is -2.41. The zero-order valence-corrected chi connectivity index (χ0v) is 24.8. The van der Waals surface area contributed by atoms with Crippen molar-refractivity contribution in [3.63, 3.8) is 0 Å². The number of fused-ring (bicyclic) bond motifs is 2. The highest BCUT2D eigenvalue weighted by Crippen LogP contribution is 2.37. The second-order valence-electron chi connectivity index (χ2n) is 10.3. The Bertz CT molecular complexity index is 1980. The molecule has 43 heavy (non-hydrogen) atoms. The van der Waals surface area contributed by atoms with E-state index in [2.05, 4.69) is 11.6 Å². The predicted octanol–water partition coefficient (Wildman–Crippen LogP) is 4.20. The summed E-state index contributed by atoms with van der Waals surface area (Å²) in [5, 5.41) is 0. The van der Waals surface area contributed by atoms with Crippen LogP contribution in [-0.4, -0.2) is 30.2 Å². The third-order valence-corrected chi connectivity index (χ3v) is 8.65. The van der Waals surface area contributed by atoms with E-state index in [1.165, 1.54) is 10.6 Å². The Kier molecular flexibility index (Phi) is 7.41. The highest BCUT2D eigenvalue weighted by Gasteiger charge is 2.37. The number of ether oxygens (including phenoxy) is 2. The Morgan fingerprint density at radius 1 is 1.02 bits per heavy atom. The number of amides is 1. The Balaban J connectivity index is 1.55. The fraction of sp³-hybridized carbons (Fsp3) is 0.176. The minimum Gasteiger partial charge on any atom is -0.497 e. The zero-order chi connectivity index (χ0) is 30.2. The number of rotatable bonds is 7. The van der Waals surface area contributed by atoms with Crippen LogP contribution in [0.1, 0.15) is 35.2 Å². The van der Waals surface area contributed by atoms with Crippen LogP contribution in [0.3, 0.4) is 0 Å². The Labute approximate surface area is 252 Å². The number of anilines is 1. The number of nitrogens with zero attached hydrogens (tertiary/aromatic N) is 3. The van der Waals surface area contributed by atoms with E-state index in [1.54, 1.807) is 31.1 Å². The second kappa shape index (κ2) is 11.3. The summed E-state index contributed by atoms with van der Waals surface area (Å²) in [6.07, 6.45) is 1.48. The molecule has 0 N–H and O–H groups in total. The van der Waals surface area contributed by atoms with E-state index in [4.69, 9.17) is 9.47 Å². The lowest BCUT2D eigenvalue weighted by molar-refractivity contribution is -0.138. The number of hydrogen-bond acceptors (Lipinski definition) is 7. The van der Waals surface area contributed by atoms with Crippen LogP contribution in [0.2, 0.25) is 0 Å². The monoisotopic (exact) mass is 591 g/mol. The molecule has 0 fully saturated rings. The number of benzene rings is 3. The van der Waals surface area contributed by atoms with Gasteiger partial charge in [0, 0.05) is 5.56 Å². The highest BCUT2D eigenvalue weighted by atomic mass is 32.1. The normalized spacial score (nSPS) is 16.9. The summed E-state index contributed by atoms with van der Waals surface area (Å²) in [5.74, 6) is -0.211. The van der Waals surface area contributed by atoms with Crippen molar-refractivity contribution in [2.45, 2.75) is 26.4 Å². The van der Waals surface area contributed by atoms with Crippen LogP contribution in [0.25, 0.3) is 5.57 Å². The maximum Gasteiger partial charge on any atom is 0.338 e. The minimum absolute atomic E-state index is 0.0155. The van der Waals surface area contributed by atoms with Gasteiger partial charge in [-0.2, -0.15) is 0 Å². The topological polar surface area (TPSA) is 90.2 Å². The molecule has 9 heteroatoms. The van der Waals surface area contributed by atoms with Crippen LogP contribution in [0.15, 0.2) is 107 Å². The zero-order valence-electron chi connectivity index (χ0n) is 24.0. The summed E-state index contributed by atoms with van der Waals surface area (Å²) in [5.41, 5.74) is 4.83. The summed E-state index contributed by atoms with van der Waals surface area (Å²) in [6, 6.07) is 21.9. The molecule has 1 atom stereocenters. The van der Waals surface area contributed by atoms with E-state index in [9.17, 15) is 14.4 Å². The molecule has 2 aliphatic rings. The van der Waals surface area contributed by atoms with Crippen LogP contribution in [-0.2, 0) is 20.9 Å². The van der Waals surface area contributed by atoms with E-state index >= 15 is 0 Å². The number of para-hydroxylation sites is 1. The fourth-order valence-electron chi connectivity index (χ4n) is 5.48. The van der Waals surface area contributed by atoms with Crippen LogP contribution in [0.4, 0.5) is 5.69 Å². The van der Waals surface area contributed by atoms with Crippen molar-refractivity contribution in [2.24, 2.45) is 4.99 Å². The molecule has 0 bridgehead atoms. The first-order valence-electron chi connectivity index (χ1n) is 13.8. The molecule has 0 spiro atoms. The standard InChI is InChI=1S/C34H29N3O5S/c1-5-18-42-33(40)27-21(3)35-34-37(29(27)23-14-16-24(41-4)17-15-23)32(39)30(43-34)28-25-8-6-7-9-26(25)36(31(28)38)19-22-12-10-20(2)11-13-22/h5-17,29H,1,18-19H2,2-4H3/b30-28-/t29-/m0/s1. The van der Waals surface area contributed by atoms with Crippen LogP contribution < -0.4 is 24.5 Å². The molecule has 3 heterocycles. The molecule has 0 unspecified atom stereocenters. The number of carbonyl (C=O) groups is 2. The first kappa shape index (κ1) is 28.1. The van der Waals surface area contributed by atoms with E-state index in [1.807, 2.05) is 67.6 Å². The van der Waals surface area contributed by atoms with Crippen molar-refractivity contribution in [3.05, 3.63) is 139 Å². The lowest BCUT2D eigenvalue weighted by atomic mass is 9.96. The van der Waals surface area contributed by atoms with Crippen molar-refractivity contribution >= 4 is 34.5 Å². The maximum atomic E-state index is 14.4. The minimum atomic E-state index is -0.816. The second-order valence-corrected chi connectivity index (χ2v) is 11.3. The fourth-order valence-corrected chi connectivity index (χ4v) is 6.62. The number of esters is 1. The Hall–Kier alpha value is -5.02. The summed E-state index contributed by atoms with van der Waals surface area (Å²) in [4.78, 5) is 48.5. The number of methoxy groups -OCH3 is 1. The van der Waals surface area contributed by atoms with Crippen LogP contribution in [0.5, 0.6) is 5.75 Å². The van der Waals surface area contributed by atoms with E-state index in [0.717, 1.165) is 28.2 Å². The number of thiazole rings is 1. The van der Waals surface area contributed by atoms with Gasteiger partial charge >= 0.3 is 5.97 Å². The molecule has 6 rings (SSSR count). The van der Waals surface area contributed by atoms with Crippen LogP contribution in [0, 0.1) is 6.92 Å². The molecule has 0 saturated carbocycles. The molecule has 1 amide bonds. The average molecular weight is 592 g/mol. The van der Waals surface area contributed by atoms with E-state index < -0.39 is 17.6 Å². The van der Waals surface area contributed by atoms with Crippen LogP contribution >= 0.6 is 11.3 Å². The number of carbonyl (C=O) groups excluding carboxylic acids is 2. The van der Waals surface area contributed by atoms with Gasteiger partial charge in [0.1, 0.15) is 16.9 Å². The number of allylic oxidation sites excluding steroid dienone is 1. The largest absolute Gasteiger partial charge is 0.497 e. The molecule has 4 aromatic rings. The maximum absolute atomic E-state index is 14.4. The first-order chi connectivity index (χ1) is 20.8. The van der Waals surface area contributed by atoms with Gasteiger partial charge in [0.15, 0.2) is 4.80 Å². The number of aryl methyl sites for hydroxylation is 1. The first-order valence-corrected chi connectivity index (χ1v) is 14.6. The van der Waals surface area contributed by atoms with Crippen molar-refractivity contribution in [1.29, 1.82) is 0 Å². The average Bonchev–Trinajstić information content (AvgIpc) is 3.48. The molecular weight excluding hydrogens is 562 g/mol. The van der Waals surface area contributed by atoms with Crippen molar-refractivity contribution < 1.29 is 19.1 Å². The van der Waals surface area contributed by atoms with Gasteiger partial charge in [-0.15, -0.1) is 0 Å². The third-order valence-electron chi connectivity index (χ3n) is 7.59. The molecule has 3 aromatic carbocycles. The van der Waals surface area contributed by atoms with E-state index in [0.29, 0.717) is 39.5 Å². The molecular formula is C34H29N3O5S. The van der Waals surface area contributed by atoms with Gasteiger partial charge in [-0.25, -0.2) is 9.79 Å². The summed E-state index contributed by atoms with van der Waals surface area (Å²) in [6.45, 7) is 7.75. The van der Waals surface area contributed by atoms with Gasteiger partial charge in [0.05, 0.1) is 42.2 Å². The quantitative estimate of drug-likeness (QED) is 0.238. The predicted molar refractivity (Wildman–Crippen MR) is 166 cm³/mol. The molecule has 1 aromatic heterocycles. The van der Waals surface area contributed by atoms with Gasteiger partial charge < -0.3 is 14.4 Å². The molecule has 0 saturated heterocycles.